The number of fused-ring (bicyclic) bond motifs is 1. The van der Waals surface area contributed by atoms with E-state index in [0.29, 0.717) is 25.4 Å². The molecule has 6 nitrogen and oxygen atoms in total. The van der Waals surface area contributed by atoms with Gasteiger partial charge in [0, 0.05) is 6.54 Å². The summed E-state index contributed by atoms with van der Waals surface area (Å²) in [4.78, 5) is 19.8. The van der Waals surface area contributed by atoms with Crippen LogP contribution in [0, 0.1) is 0 Å². The number of anilines is 2. The number of hydrogen-bond acceptors (Lipinski definition) is 4. The van der Waals surface area contributed by atoms with Crippen molar-refractivity contribution < 1.29 is 9.21 Å². The minimum Gasteiger partial charge on any atom is -0.459 e. The summed E-state index contributed by atoms with van der Waals surface area (Å²) in [7, 11) is 0. The second-order valence-electron chi connectivity index (χ2n) is 7.84. The van der Waals surface area contributed by atoms with E-state index in [9.17, 15) is 4.79 Å². The molecule has 30 heavy (non-hydrogen) atoms. The van der Waals surface area contributed by atoms with E-state index in [1.165, 1.54) is 6.26 Å². The molecule has 1 amide bonds. The number of benzene rings is 2. The number of amides is 1. The van der Waals surface area contributed by atoms with Crippen LogP contribution in [0.1, 0.15) is 29.0 Å². The van der Waals surface area contributed by atoms with Gasteiger partial charge in [-0.15, -0.1) is 0 Å². The largest absolute Gasteiger partial charge is 0.459 e. The lowest BCUT2D eigenvalue weighted by Gasteiger charge is -2.47. The van der Waals surface area contributed by atoms with Crippen LogP contribution in [0.25, 0.3) is 0 Å². The zero-order valence-corrected chi connectivity index (χ0v) is 16.7. The Bertz CT molecular complexity index is 1060. The Kier molecular flexibility index (Phi) is 4.75. The Hall–Kier alpha value is -3.54. The molecule has 2 N–H and O–H groups in total. The number of aliphatic imine (C=N–C) groups is 1. The van der Waals surface area contributed by atoms with Gasteiger partial charge >= 0.3 is 0 Å². The molecular weight excluding hydrogens is 376 g/mol. The van der Waals surface area contributed by atoms with Crippen molar-refractivity contribution in [1.29, 1.82) is 0 Å². The van der Waals surface area contributed by atoms with E-state index in [2.05, 4.69) is 28.8 Å². The van der Waals surface area contributed by atoms with Gasteiger partial charge in [-0.2, -0.15) is 0 Å². The minimum atomic E-state index is -0.455. The van der Waals surface area contributed by atoms with Gasteiger partial charge in [0.25, 0.3) is 5.91 Å². The van der Waals surface area contributed by atoms with Gasteiger partial charge in [-0.05, 0) is 42.7 Å². The van der Waals surface area contributed by atoms with Crippen LogP contribution < -0.4 is 10.6 Å². The average Bonchev–Trinajstić information content (AvgIpc) is 3.33. The Balaban J connectivity index is 1.48. The lowest BCUT2D eigenvalue weighted by molar-refractivity contribution is 0.0662. The summed E-state index contributed by atoms with van der Waals surface area (Å²) >= 11 is 0. The van der Waals surface area contributed by atoms with Gasteiger partial charge in [-0.25, -0.2) is 0 Å². The first kappa shape index (κ1) is 18.5. The van der Waals surface area contributed by atoms with Crippen LogP contribution >= 0.6 is 0 Å². The highest BCUT2D eigenvalue weighted by molar-refractivity contribution is 6.10. The van der Waals surface area contributed by atoms with E-state index in [-0.39, 0.29) is 5.91 Å². The summed E-state index contributed by atoms with van der Waals surface area (Å²) in [6, 6.07) is 21.8. The fourth-order valence-corrected chi connectivity index (χ4v) is 4.29. The molecule has 0 aliphatic carbocycles. The van der Waals surface area contributed by atoms with Crippen LogP contribution in [0.4, 0.5) is 11.4 Å². The van der Waals surface area contributed by atoms with E-state index in [4.69, 9.17) is 9.41 Å². The number of amidine groups is 1. The minimum absolute atomic E-state index is 0.0813. The molecule has 0 radical (unpaired) electrons. The van der Waals surface area contributed by atoms with Crippen LogP contribution in [0.2, 0.25) is 0 Å². The van der Waals surface area contributed by atoms with Crippen molar-refractivity contribution in [3.05, 3.63) is 84.3 Å². The normalized spacial score (nSPS) is 21.7. The number of likely N-dealkylation sites (tertiary alicyclic amines) is 1. The smallest absolute Gasteiger partial charge is 0.289 e. The second kappa shape index (κ2) is 7.71. The predicted octanol–water partition coefficient (Wildman–Crippen LogP) is 4.39. The van der Waals surface area contributed by atoms with Crippen molar-refractivity contribution in [2.45, 2.75) is 24.9 Å². The van der Waals surface area contributed by atoms with Crippen LogP contribution in [-0.4, -0.2) is 35.3 Å². The van der Waals surface area contributed by atoms with Crippen LogP contribution in [0.5, 0.6) is 0 Å². The van der Waals surface area contributed by atoms with E-state index in [0.717, 1.165) is 35.6 Å². The average molecular weight is 400 g/mol. The van der Waals surface area contributed by atoms with E-state index < -0.39 is 5.54 Å². The molecular formula is C24H24N4O2. The third kappa shape index (κ3) is 3.45. The zero-order chi connectivity index (χ0) is 20.4. The number of carbonyl (C=O) groups excluding carboxylic acids is 1. The Morgan fingerprint density at radius 1 is 1.03 bits per heavy atom. The highest BCUT2D eigenvalue weighted by Gasteiger charge is 2.44. The fourth-order valence-electron chi connectivity index (χ4n) is 4.29. The number of furan rings is 1. The first-order valence-corrected chi connectivity index (χ1v) is 10.3. The van der Waals surface area contributed by atoms with Gasteiger partial charge in [0.1, 0.15) is 11.4 Å². The summed E-state index contributed by atoms with van der Waals surface area (Å²) in [6.45, 7) is 1.82. The monoisotopic (exact) mass is 400 g/mol. The molecule has 5 rings (SSSR count). The van der Waals surface area contributed by atoms with Crippen molar-refractivity contribution in [2.75, 3.05) is 23.7 Å². The van der Waals surface area contributed by atoms with Gasteiger partial charge in [-0.1, -0.05) is 42.5 Å². The maximum atomic E-state index is 13.0. The van der Waals surface area contributed by atoms with Gasteiger partial charge in [0.15, 0.2) is 5.76 Å². The first-order chi connectivity index (χ1) is 14.7. The molecule has 3 heterocycles. The maximum absolute atomic E-state index is 13.0. The van der Waals surface area contributed by atoms with Crippen LogP contribution in [0.3, 0.4) is 0 Å². The van der Waals surface area contributed by atoms with Crippen molar-refractivity contribution in [3.63, 3.8) is 0 Å². The highest BCUT2D eigenvalue weighted by Crippen LogP contribution is 2.36. The van der Waals surface area contributed by atoms with Crippen LogP contribution in [0.15, 0.2) is 82.4 Å². The van der Waals surface area contributed by atoms with Crippen LogP contribution in [-0.2, 0) is 6.54 Å². The summed E-state index contributed by atoms with van der Waals surface area (Å²) in [5.41, 5.74) is 2.73. The molecule has 0 unspecified atom stereocenters. The zero-order valence-electron chi connectivity index (χ0n) is 16.7. The van der Waals surface area contributed by atoms with E-state index in [1.54, 1.807) is 12.1 Å². The summed E-state index contributed by atoms with van der Waals surface area (Å²) in [5, 5.41) is 7.26. The molecule has 0 saturated carbocycles. The maximum Gasteiger partial charge on any atom is 0.289 e. The first-order valence-electron chi connectivity index (χ1n) is 10.3. The highest BCUT2D eigenvalue weighted by atomic mass is 16.3. The SMILES string of the molecule is O=C(c1ccco1)N1CCC[C@@]2(C1)Nc1ccccc1NC2=NCc1ccccc1. The summed E-state index contributed by atoms with van der Waals surface area (Å²) in [6.07, 6.45) is 3.31. The number of piperidine rings is 1. The van der Waals surface area contributed by atoms with Gasteiger partial charge in [-0.3, -0.25) is 9.79 Å². The molecule has 6 heteroatoms. The lowest BCUT2D eigenvalue weighted by Crippen LogP contribution is -2.62. The molecule has 2 aliphatic rings. The number of nitrogens with zero attached hydrogens (tertiary/aromatic N) is 2. The molecule has 2 aromatic carbocycles. The van der Waals surface area contributed by atoms with Gasteiger partial charge < -0.3 is 20.0 Å². The number of hydrogen-bond donors (Lipinski definition) is 2. The molecule has 2 aliphatic heterocycles. The van der Waals surface area contributed by atoms with Crippen molar-refractivity contribution in [1.82, 2.24) is 4.90 Å². The molecule has 1 fully saturated rings. The molecule has 152 valence electrons. The standard InChI is InChI=1S/C24H24N4O2/c29-22(21-12-6-15-30-21)28-14-7-13-24(17-28)23(25-16-18-8-2-1-3-9-18)26-19-10-4-5-11-20(19)27-24/h1-6,8-12,15,27H,7,13-14,16-17H2,(H,25,26)/t24-/m0/s1. The van der Waals surface area contributed by atoms with Crippen molar-refractivity contribution in [3.8, 4) is 0 Å². The van der Waals surface area contributed by atoms with Gasteiger partial charge in [0.2, 0.25) is 0 Å². The molecule has 1 atom stereocenters. The Labute approximate surface area is 175 Å². The predicted molar refractivity (Wildman–Crippen MR) is 118 cm³/mol. The number of nitrogens with one attached hydrogen (secondary N) is 2. The summed E-state index contributed by atoms with van der Waals surface area (Å²) in [5.74, 6) is 1.17. The second-order valence-corrected chi connectivity index (χ2v) is 7.84. The molecule has 1 saturated heterocycles. The van der Waals surface area contributed by atoms with Crippen molar-refractivity contribution >= 4 is 23.1 Å². The van der Waals surface area contributed by atoms with Gasteiger partial charge in [0.05, 0.1) is 30.7 Å². The number of carbonyl (C=O) groups is 1. The quantitative estimate of drug-likeness (QED) is 0.684. The third-order valence-electron chi connectivity index (χ3n) is 5.78. The van der Waals surface area contributed by atoms with E-state index >= 15 is 0 Å². The third-order valence-corrected chi connectivity index (χ3v) is 5.78. The molecule has 3 aromatic rings. The van der Waals surface area contributed by atoms with E-state index in [1.807, 2.05) is 41.3 Å². The number of rotatable bonds is 3. The lowest BCUT2D eigenvalue weighted by atomic mass is 9.85. The summed E-state index contributed by atoms with van der Waals surface area (Å²) < 4.78 is 5.36. The molecule has 0 bridgehead atoms. The Morgan fingerprint density at radius 2 is 1.83 bits per heavy atom. The topological polar surface area (TPSA) is 69.9 Å². The number of para-hydroxylation sites is 2. The fraction of sp³-hybridized carbons (Fsp3) is 0.250. The molecule has 1 spiro atoms. The Morgan fingerprint density at radius 3 is 2.63 bits per heavy atom. The molecule has 1 aromatic heterocycles. The van der Waals surface area contributed by atoms with Crippen molar-refractivity contribution in [2.24, 2.45) is 4.99 Å².